The van der Waals surface area contributed by atoms with Crippen molar-refractivity contribution >= 4 is 6.03 Å². The maximum absolute atomic E-state index is 14.9. The minimum absolute atomic E-state index is 0.0690. The van der Waals surface area contributed by atoms with Crippen molar-refractivity contribution in [3.05, 3.63) is 34.9 Å². The fourth-order valence-corrected chi connectivity index (χ4v) is 5.69. The second-order valence-electron chi connectivity index (χ2n) is 10.5. The maximum atomic E-state index is 14.9. The van der Waals surface area contributed by atoms with Crippen LogP contribution in [0.5, 0.6) is 0 Å². The Morgan fingerprint density at radius 1 is 1.15 bits per heavy atom. The summed E-state index contributed by atoms with van der Waals surface area (Å²) in [5.74, 6) is -1.13. The van der Waals surface area contributed by atoms with Crippen LogP contribution >= 0.6 is 0 Å². The summed E-state index contributed by atoms with van der Waals surface area (Å²) in [6.07, 6.45) is 8.25. The lowest BCUT2D eigenvalue weighted by molar-refractivity contribution is -0.0456. The molecule has 2 amide bonds. The van der Waals surface area contributed by atoms with Gasteiger partial charge in [-0.3, -0.25) is 0 Å². The minimum Gasteiger partial charge on any atom is -0.370 e. The van der Waals surface area contributed by atoms with E-state index < -0.39 is 17.7 Å². The molecular formula is C27H43F2N3O2. The van der Waals surface area contributed by atoms with Crippen molar-refractivity contribution in [1.82, 2.24) is 15.5 Å². The number of urea groups is 1. The summed E-state index contributed by atoms with van der Waals surface area (Å²) in [7, 11) is 1.92. The largest absolute Gasteiger partial charge is 0.370 e. The molecule has 192 valence electrons. The van der Waals surface area contributed by atoms with E-state index in [0.29, 0.717) is 24.6 Å². The molecule has 2 aliphatic rings. The van der Waals surface area contributed by atoms with Gasteiger partial charge >= 0.3 is 6.03 Å². The maximum Gasteiger partial charge on any atom is 0.317 e. The molecule has 1 aliphatic heterocycles. The van der Waals surface area contributed by atoms with Gasteiger partial charge in [0.15, 0.2) is 11.6 Å². The van der Waals surface area contributed by atoms with E-state index in [9.17, 15) is 13.6 Å². The average Bonchev–Trinajstić information content (AvgIpc) is 2.81. The van der Waals surface area contributed by atoms with E-state index >= 15 is 0 Å². The lowest BCUT2D eigenvalue weighted by Crippen LogP contribution is -2.52. The number of hydrogen-bond acceptors (Lipinski definition) is 3. The van der Waals surface area contributed by atoms with Gasteiger partial charge in [0.05, 0.1) is 12.2 Å². The minimum atomic E-state index is -0.860. The number of rotatable bonds is 9. The van der Waals surface area contributed by atoms with Crippen molar-refractivity contribution in [2.45, 2.75) is 90.4 Å². The van der Waals surface area contributed by atoms with E-state index in [1.807, 2.05) is 25.8 Å². The lowest BCUT2D eigenvalue weighted by atomic mass is 9.84. The molecule has 34 heavy (non-hydrogen) atoms. The van der Waals surface area contributed by atoms with Crippen LogP contribution in [0.2, 0.25) is 0 Å². The van der Waals surface area contributed by atoms with Crippen molar-refractivity contribution in [2.24, 2.45) is 11.8 Å². The molecule has 0 spiro atoms. The van der Waals surface area contributed by atoms with E-state index in [4.69, 9.17) is 4.74 Å². The molecule has 3 rings (SSSR count). The molecule has 3 atom stereocenters. The fraction of sp³-hybridized carbons (Fsp3) is 0.741. The standard InChI is InChI=1S/C27H43F2N3O2/c1-18(2)34-26(24-19(3)12-13-23(28)25(24)29)21-11-8-14-32(17-21)27(33)31-22(16-30-4)15-20-9-6-5-7-10-20/h12-13,18,20-22,26,30H,5-11,14-17H2,1-4H3,(H,31,33)/t21-,22-,26?/m0/s1. The zero-order valence-electron chi connectivity index (χ0n) is 21.3. The average molecular weight is 480 g/mol. The third-order valence-electron chi connectivity index (χ3n) is 7.35. The van der Waals surface area contributed by atoms with Gasteiger partial charge in [-0.2, -0.15) is 0 Å². The Morgan fingerprint density at radius 3 is 2.56 bits per heavy atom. The van der Waals surface area contributed by atoms with Crippen molar-refractivity contribution in [2.75, 3.05) is 26.7 Å². The van der Waals surface area contributed by atoms with Gasteiger partial charge in [-0.25, -0.2) is 13.6 Å². The second kappa shape index (κ2) is 12.8. The highest BCUT2D eigenvalue weighted by molar-refractivity contribution is 5.74. The fourth-order valence-electron chi connectivity index (χ4n) is 5.69. The van der Waals surface area contributed by atoms with E-state index in [-0.39, 0.29) is 29.7 Å². The molecule has 1 aromatic carbocycles. The van der Waals surface area contributed by atoms with Crippen LogP contribution in [0.4, 0.5) is 13.6 Å². The van der Waals surface area contributed by atoms with Crippen LogP contribution in [-0.4, -0.2) is 49.8 Å². The van der Waals surface area contributed by atoms with Crippen LogP contribution in [0.3, 0.4) is 0 Å². The van der Waals surface area contributed by atoms with Crippen LogP contribution in [0, 0.1) is 30.4 Å². The molecule has 1 aliphatic carbocycles. The van der Waals surface area contributed by atoms with Crippen LogP contribution in [0.25, 0.3) is 0 Å². The Morgan fingerprint density at radius 2 is 1.88 bits per heavy atom. The Kier molecular flexibility index (Phi) is 10.1. The molecule has 1 saturated carbocycles. The quantitative estimate of drug-likeness (QED) is 0.476. The van der Waals surface area contributed by atoms with Gasteiger partial charge in [-0.15, -0.1) is 0 Å². The Labute approximate surface area is 204 Å². The molecule has 1 unspecified atom stereocenters. The summed E-state index contributed by atoms with van der Waals surface area (Å²) < 4.78 is 35.2. The zero-order valence-corrected chi connectivity index (χ0v) is 21.3. The van der Waals surface area contributed by atoms with Crippen LogP contribution in [0.15, 0.2) is 12.1 Å². The lowest BCUT2D eigenvalue weighted by Gasteiger charge is -2.39. The Bertz CT molecular complexity index is 798. The summed E-state index contributed by atoms with van der Waals surface area (Å²) in [6, 6.07) is 2.79. The summed E-state index contributed by atoms with van der Waals surface area (Å²) in [5.41, 5.74) is 0.957. The summed E-state index contributed by atoms with van der Waals surface area (Å²) in [4.78, 5) is 15.1. The molecule has 2 fully saturated rings. The smallest absolute Gasteiger partial charge is 0.317 e. The van der Waals surface area contributed by atoms with Crippen molar-refractivity contribution in [3.8, 4) is 0 Å². The number of nitrogens with one attached hydrogen (secondary N) is 2. The summed E-state index contributed by atoms with van der Waals surface area (Å²) >= 11 is 0. The van der Waals surface area contributed by atoms with Gasteiger partial charge in [-0.1, -0.05) is 38.2 Å². The van der Waals surface area contributed by atoms with Crippen molar-refractivity contribution < 1.29 is 18.3 Å². The first-order valence-corrected chi connectivity index (χ1v) is 13.1. The molecule has 2 N–H and O–H groups in total. The first kappa shape index (κ1) is 26.9. The highest BCUT2D eigenvalue weighted by atomic mass is 19.2. The Balaban J connectivity index is 1.71. The number of benzene rings is 1. The normalized spacial score (nSPS) is 21.5. The predicted octanol–water partition coefficient (Wildman–Crippen LogP) is 5.72. The molecule has 7 heteroatoms. The Hall–Kier alpha value is -1.73. The van der Waals surface area contributed by atoms with Crippen LogP contribution < -0.4 is 10.6 Å². The second-order valence-corrected chi connectivity index (χ2v) is 10.5. The topological polar surface area (TPSA) is 53.6 Å². The number of hydrogen-bond donors (Lipinski definition) is 2. The van der Waals surface area contributed by atoms with Gasteiger partial charge in [0.2, 0.25) is 0 Å². The third kappa shape index (κ3) is 7.14. The highest BCUT2D eigenvalue weighted by Crippen LogP contribution is 2.37. The van der Waals surface area contributed by atoms with Gasteiger partial charge in [0.1, 0.15) is 0 Å². The van der Waals surface area contributed by atoms with Gasteiger partial charge in [0.25, 0.3) is 0 Å². The number of halogens is 2. The van der Waals surface area contributed by atoms with Gasteiger partial charge in [-0.05, 0) is 64.6 Å². The third-order valence-corrected chi connectivity index (χ3v) is 7.35. The number of likely N-dealkylation sites (tertiary alicyclic amines) is 1. The van der Waals surface area contributed by atoms with E-state index in [1.165, 1.54) is 32.1 Å². The van der Waals surface area contributed by atoms with Gasteiger partial charge in [0, 0.05) is 37.2 Å². The molecular weight excluding hydrogens is 436 g/mol. The number of ether oxygens (including phenoxy) is 1. The first-order chi connectivity index (χ1) is 16.3. The number of aryl methyl sites for hydroxylation is 1. The molecule has 1 aromatic rings. The van der Waals surface area contributed by atoms with Gasteiger partial charge < -0.3 is 20.3 Å². The van der Waals surface area contributed by atoms with E-state index in [2.05, 4.69) is 10.6 Å². The molecule has 0 aromatic heterocycles. The zero-order chi connectivity index (χ0) is 24.7. The van der Waals surface area contributed by atoms with Crippen molar-refractivity contribution in [1.29, 1.82) is 0 Å². The molecule has 1 heterocycles. The van der Waals surface area contributed by atoms with E-state index in [0.717, 1.165) is 31.9 Å². The van der Waals surface area contributed by atoms with Crippen molar-refractivity contribution in [3.63, 3.8) is 0 Å². The van der Waals surface area contributed by atoms with Crippen LogP contribution in [0.1, 0.15) is 82.4 Å². The monoisotopic (exact) mass is 479 g/mol. The summed E-state index contributed by atoms with van der Waals surface area (Å²) in [5, 5.41) is 6.48. The molecule has 0 bridgehead atoms. The SMILES string of the molecule is CNC[C@H](CC1CCCCC1)NC(=O)N1CCC[C@H](C(OC(C)C)c2c(C)ccc(F)c2F)C1. The van der Waals surface area contributed by atoms with E-state index in [1.54, 1.807) is 13.0 Å². The predicted molar refractivity (Wildman–Crippen MR) is 132 cm³/mol. The number of likely N-dealkylation sites (N-methyl/N-ethyl adjacent to an activating group) is 1. The number of amides is 2. The highest BCUT2D eigenvalue weighted by Gasteiger charge is 2.35. The number of carbonyl (C=O) groups excluding carboxylic acids is 1. The number of carbonyl (C=O) groups is 1. The molecule has 5 nitrogen and oxygen atoms in total. The molecule has 0 radical (unpaired) electrons. The van der Waals surface area contributed by atoms with Crippen LogP contribution in [-0.2, 0) is 4.74 Å². The molecule has 1 saturated heterocycles. The number of nitrogens with zero attached hydrogens (tertiary/aromatic N) is 1. The summed E-state index contributed by atoms with van der Waals surface area (Å²) in [6.45, 7) is 7.47. The number of piperidine rings is 1. The first-order valence-electron chi connectivity index (χ1n) is 13.1.